The maximum absolute atomic E-state index is 11.2. The van der Waals surface area contributed by atoms with Gasteiger partial charge in [-0.05, 0) is 26.7 Å². The molecule has 0 aliphatic carbocycles. The van der Waals surface area contributed by atoms with Crippen LogP contribution in [0.5, 0.6) is 0 Å². The van der Waals surface area contributed by atoms with Crippen LogP contribution in [0.15, 0.2) is 0 Å². The highest BCUT2D eigenvalue weighted by Gasteiger charge is 2.13. The van der Waals surface area contributed by atoms with Crippen LogP contribution in [0.25, 0.3) is 0 Å². The van der Waals surface area contributed by atoms with Crippen molar-refractivity contribution in [2.24, 2.45) is 0 Å². The Balaban J connectivity index is 3.79. The van der Waals surface area contributed by atoms with Gasteiger partial charge in [-0.1, -0.05) is 20.3 Å². The van der Waals surface area contributed by atoms with Crippen molar-refractivity contribution < 1.29 is 9.53 Å². The van der Waals surface area contributed by atoms with E-state index >= 15 is 0 Å². The van der Waals surface area contributed by atoms with Gasteiger partial charge in [-0.25, -0.2) is 0 Å². The number of rotatable bonds is 8. The highest BCUT2D eigenvalue weighted by molar-refractivity contribution is 5.70. The number of carbonyl (C=O) groups excluding carboxylic acids is 1. The van der Waals surface area contributed by atoms with E-state index in [9.17, 15) is 4.79 Å². The van der Waals surface area contributed by atoms with E-state index in [0.717, 1.165) is 6.42 Å². The van der Waals surface area contributed by atoms with Gasteiger partial charge in [0.2, 0.25) is 0 Å². The van der Waals surface area contributed by atoms with E-state index in [-0.39, 0.29) is 12.0 Å². The van der Waals surface area contributed by atoms with Crippen LogP contribution in [0.3, 0.4) is 0 Å². The summed E-state index contributed by atoms with van der Waals surface area (Å²) in [5.41, 5.74) is 0. The van der Waals surface area contributed by atoms with Gasteiger partial charge in [0.25, 0.3) is 0 Å². The maximum Gasteiger partial charge on any atom is 0.307 e. The number of hydrogen-bond donors (Lipinski definition) is 1. The van der Waals surface area contributed by atoms with Gasteiger partial charge < -0.3 is 10.1 Å². The summed E-state index contributed by atoms with van der Waals surface area (Å²) in [5, 5.41) is 3.46. The van der Waals surface area contributed by atoms with Crippen LogP contribution < -0.4 is 5.32 Å². The smallest absolute Gasteiger partial charge is 0.307 e. The van der Waals surface area contributed by atoms with Gasteiger partial charge in [0.05, 0.1) is 13.0 Å². The van der Waals surface area contributed by atoms with Crippen molar-refractivity contribution in [1.82, 2.24) is 5.32 Å². The third kappa shape index (κ3) is 7.37. The average molecular weight is 215 g/mol. The molecule has 1 N–H and O–H groups in total. The molecule has 2 unspecified atom stereocenters. The summed E-state index contributed by atoms with van der Waals surface area (Å²) in [6.07, 6.45) is 3.93. The van der Waals surface area contributed by atoms with Crippen LogP contribution in [0, 0.1) is 0 Å². The molecule has 0 aromatic carbocycles. The molecule has 0 rings (SSSR count). The molecular formula is C12H25NO2. The molecule has 3 heteroatoms. The fourth-order valence-corrected chi connectivity index (χ4v) is 1.68. The first-order valence-electron chi connectivity index (χ1n) is 6.05. The normalized spacial score (nSPS) is 14.7. The van der Waals surface area contributed by atoms with Crippen molar-refractivity contribution in [2.45, 2.75) is 65.5 Å². The lowest BCUT2D eigenvalue weighted by Crippen LogP contribution is -2.37. The molecule has 0 spiro atoms. The molecule has 0 aliphatic rings. The molecule has 0 aromatic rings. The Kier molecular flexibility index (Phi) is 8.38. The van der Waals surface area contributed by atoms with Gasteiger partial charge >= 0.3 is 5.97 Å². The van der Waals surface area contributed by atoms with Crippen LogP contribution >= 0.6 is 0 Å². The quantitative estimate of drug-likeness (QED) is 0.632. The molecule has 15 heavy (non-hydrogen) atoms. The minimum Gasteiger partial charge on any atom is -0.466 e. The zero-order valence-electron chi connectivity index (χ0n) is 10.5. The molecule has 0 amide bonds. The first-order valence-corrected chi connectivity index (χ1v) is 6.05. The van der Waals surface area contributed by atoms with Crippen molar-refractivity contribution in [3.8, 4) is 0 Å². The largest absolute Gasteiger partial charge is 0.466 e. The summed E-state index contributed by atoms with van der Waals surface area (Å²) in [5.74, 6) is -0.108. The molecule has 0 fully saturated rings. The lowest BCUT2D eigenvalue weighted by Gasteiger charge is -2.21. The standard InChI is InChI=1S/C12H25NO2/c1-5-8-11(6-2)13-10(4)9-12(14)15-7-3/h10-11,13H,5-9H2,1-4H3. The minimum absolute atomic E-state index is 0.108. The van der Waals surface area contributed by atoms with E-state index in [0.29, 0.717) is 19.1 Å². The van der Waals surface area contributed by atoms with Gasteiger partial charge in [0.15, 0.2) is 0 Å². The van der Waals surface area contributed by atoms with Crippen LogP contribution in [0.4, 0.5) is 0 Å². The van der Waals surface area contributed by atoms with Crippen LogP contribution in [0.2, 0.25) is 0 Å². The summed E-state index contributed by atoms with van der Waals surface area (Å²) in [4.78, 5) is 11.2. The zero-order chi connectivity index (χ0) is 11.7. The molecule has 2 atom stereocenters. The van der Waals surface area contributed by atoms with Gasteiger partial charge in [0.1, 0.15) is 0 Å². The Labute approximate surface area is 93.6 Å². The van der Waals surface area contributed by atoms with Crippen molar-refractivity contribution in [1.29, 1.82) is 0 Å². The molecule has 3 nitrogen and oxygen atoms in total. The Morgan fingerprint density at radius 3 is 2.47 bits per heavy atom. The van der Waals surface area contributed by atoms with Gasteiger partial charge in [-0.15, -0.1) is 0 Å². The predicted octanol–water partition coefficient (Wildman–Crippen LogP) is 2.50. The summed E-state index contributed by atoms with van der Waals surface area (Å²) >= 11 is 0. The van der Waals surface area contributed by atoms with Crippen LogP contribution in [-0.4, -0.2) is 24.7 Å². The second-order valence-electron chi connectivity index (χ2n) is 3.97. The first kappa shape index (κ1) is 14.4. The van der Waals surface area contributed by atoms with Gasteiger partial charge in [-0.3, -0.25) is 4.79 Å². The minimum atomic E-state index is -0.108. The molecule has 90 valence electrons. The number of carbonyl (C=O) groups is 1. The molecule has 0 aromatic heterocycles. The predicted molar refractivity (Wildman–Crippen MR) is 62.8 cm³/mol. The molecule has 0 radical (unpaired) electrons. The molecule has 0 aliphatic heterocycles. The van der Waals surface area contributed by atoms with E-state index in [1.54, 1.807) is 0 Å². The number of hydrogen-bond acceptors (Lipinski definition) is 3. The first-order chi connectivity index (χ1) is 7.13. The summed E-state index contributed by atoms with van der Waals surface area (Å²) in [7, 11) is 0. The zero-order valence-corrected chi connectivity index (χ0v) is 10.5. The molecule has 0 bridgehead atoms. The third-order valence-corrected chi connectivity index (χ3v) is 2.43. The summed E-state index contributed by atoms with van der Waals surface area (Å²) in [6, 6.07) is 0.736. The fourth-order valence-electron chi connectivity index (χ4n) is 1.68. The molecule has 0 saturated heterocycles. The van der Waals surface area contributed by atoms with E-state index in [1.165, 1.54) is 12.8 Å². The SMILES string of the molecule is CCCC(CC)NC(C)CC(=O)OCC. The fraction of sp³-hybridized carbons (Fsp3) is 0.917. The van der Waals surface area contributed by atoms with Gasteiger partial charge in [-0.2, -0.15) is 0 Å². The number of ether oxygens (including phenoxy) is 1. The lowest BCUT2D eigenvalue weighted by atomic mass is 10.1. The Hall–Kier alpha value is -0.570. The van der Waals surface area contributed by atoms with Crippen molar-refractivity contribution in [3.05, 3.63) is 0 Å². The number of esters is 1. The Morgan fingerprint density at radius 2 is 2.00 bits per heavy atom. The maximum atomic E-state index is 11.2. The van der Waals surface area contributed by atoms with E-state index in [1.807, 2.05) is 13.8 Å². The molecule has 0 heterocycles. The highest BCUT2D eigenvalue weighted by Crippen LogP contribution is 2.04. The van der Waals surface area contributed by atoms with Gasteiger partial charge in [0, 0.05) is 12.1 Å². The molecule has 0 saturated carbocycles. The van der Waals surface area contributed by atoms with Crippen LogP contribution in [0.1, 0.15) is 53.4 Å². The third-order valence-electron chi connectivity index (χ3n) is 2.43. The van der Waals surface area contributed by atoms with E-state index < -0.39 is 0 Å². The molecular weight excluding hydrogens is 190 g/mol. The van der Waals surface area contributed by atoms with E-state index in [4.69, 9.17) is 4.74 Å². The van der Waals surface area contributed by atoms with E-state index in [2.05, 4.69) is 19.2 Å². The average Bonchev–Trinajstić information content (AvgIpc) is 2.17. The van der Waals surface area contributed by atoms with Crippen molar-refractivity contribution in [3.63, 3.8) is 0 Å². The van der Waals surface area contributed by atoms with Crippen LogP contribution in [-0.2, 0) is 9.53 Å². The van der Waals surface area contributed by atoms with Crippen molar-refractivity contribution >= 4 is 5.97 Å². The van der Waals surface area contributed by atoms with Crippen molar-refractivity contribution in [2.75, 3.05) is 6.61 Å². The second-order valence-corrected chi connectivity index (χ2v) is 3.97. The second kappa shape index (κ2) is 8.72. The summed E-state index contributed by atoms with van der Waals surface area (Å²) < 4.78 is 4.91. The monoisotopic (exact) mass is 215 g/mol. The number of nitrogens with one attached hydrogen (secondary N) is 1. The lowest BCUT2D eigenvalue weighted by molar-refractivity contribution is -0.143. The Morgan fingerprint density at radius 1 is 1.33 bits per heavy atom. The topological polar surface area (TPSA) is 38.3 Å². The highest BCUT2D eigenvalue weighted by atomic mass is 16.5. The summed E-state index contributed by atoms with van der Waals surface area (Å²) in [6.45, 7) is 8.69. The Bertz CT molecular complexity index is 171.